The van der Waals surface area contributed by atoms with Crippen LogP contribution in [0.3, 0.4) is 0 Å². The third-order valence-electron chi connectivity index (χ3n) is 6.20. The van der Waals surface area contributed by atoms with Gasteiger partial charge < -0.3 is 20.1 Å². The number of thiocarbonyl (C=S) groups is 1. The van der Waals surface area contributed by atoms with Crippen molar-refractivity contribution in [3.05, 3.63) is 114 Å². The standard InChI is InChI=1S/C28H27N5OS/c1-20-9-7-10-21(19-20)30-25(34)15-18-33-27(26(31-28(33)35)23-13-5-6-16-29-23)24-14-8-17-32(24)22-11-3-2-4-12-22/h2-14,16-17,19,26-27H,15,18H2,1H3,(H,30,34)(H,31,35). The van der Waals surface area contributed by atoms with Crippen molar-refractivity contribution in [2.24, 2.45) is 0 Å². The third-order valence-corrected chi connectivity index (χ3v) is 6.55. The quantitative estimate of drug-likeness (QED) is 0.356. The fraction of sp³-hybridized carbons (Fsp3) is 0.179. The largest absolute Gasteiger partial charge is 0.352 e. The number of hydrogen-bond acceptors (Lipinski definition) is 3. The number of hydrogen-bond donors (Lipinski definition) is 2. The summed E-state index contributed by atoms with van der Waals surface area (Å²) < 4.78 is 2.18. The number of amides is 1. The molecule has 2 aromatic carbocycles. The summed E-state index contributed by atoms with van der Waals surface area (Å²) in [6.07, 6.45) is 4.17. The molecule has 2 unspecified atom stereocenters. The molecule has 0 aliphatic carbocycles. The molecule has 1 fully saturated rings. The van der Waals surface area contributed by atoms with Gasteiger partial charge in [-0.15, -0.1) is 0 Å². The number of carbonyl (C=O) groups excluding carboxylic acids is 1. The van der Waals surface area contributed by atoms with E-state index >= 15 is 0 Å². The van der Waals surface area contributed by atoms with Crippen LogP contribution in [-0.2, 0) is 4.79 Å². The van der Waals surface area contributed by atoms with E-state index in [1.54, 1.807) is 6.20 Å². The minimum Gasteiger partial charge on any atom is -0.352 e. The molecule has 2 N–H and O–H groups in total. The predicted octanol–water partition coefficient (Wildman–Crippen LogP) is 5.18. The fourth-order valence-electron chi connectivity index (χ4n) is 4.60. The van der Waals surface area contributed by atoms with Crippen molar-refractivity contribution < 1.29 is 4.79 Å². The molecule has 0 spiro atoms. The van der Waals surface area contributed by atoms with E-state index in [0.29, 0.717) is 18.1 Å². The molecule has 7 heteroatoms. The van der Waals surface area contributed by atoms with Crippen LogP contribution in [0.25, 0.3) is 5.69 Å². The Hall–Kier alpha value is -3.97. The van der Waals surface area contributed by atoms with Crippen LogP contribution in [-0.4, -0.2) is 32.0 Å². The molecule has 35 heavy (non-hydrogen) atoms. The second-order valence-electron chi connectivity index (χ2n) is 8.63. The van der Waals surface area contributed by atoms with Crippen LogP contribution in [0, 0.1) is 6.92 Å². The van der Waals surface area contributed by atoms with E-state index in [4.69, 9.17) is 12.2 Å². The van der Waals surface area contributed by atoms with Gasteiger partial charge in [0, 0.05) is 42.4 Å². The van der Waals surface area contributed by atoms with Crippen LogP contribution in [0.2, 0.25) is 0 Å². The molecule has 2 atom stereocenters. The lowest BCUT2D eigenvalue weighted by molar-refractivity contribution is -0.116. The lowest BCUT2D eigenvalue weighted by atomic mass is 10.0. The Balaban J connectivity index is 1.43. The number of benzene rings is 2. The summed E-state index contributed by atoms with van der Waals surface area (Å²) in [4.78, 5) is 19.5. The van der Waals surface area contributed by atoms with Gasteiger partial charge in [-0.1, -0.05) is 36.4 Å². The van der Waals surface area contributed by atoms with Crippen molar-refractivity contribution in [3.8, 4) is 5.69 Å². The second-order valence-corrected chi connectivity index (χ2v) is 9.01. The van der Waals surface area contributed by atoms with Gasteiger partial charge in [0.15, 0.2) is 5.11 Å². The first kappa shape index (κ1) is 22.8. The van der Waals surface area contributed by atoms with E-state index < -0.39 is 0 Å². The monoisotopic (exact) mass is 481 g/mol. The Labute approximate surface area is 210 Å². The molecule has 1 amide bonds. The summed E-state index contributed by atoms with van der Waals surface area (Å²) in [5.41, 5.74) is 4.97. The molecule has 4 aromatic rings. The topological polar surface area (TPSA) is 62.2 Å². The number of para-hydroxylation sites is 1. The first-order valence-corrected chi connectivity index (χ1v) is 12.1. The Morgan fingerprint density at radius 3 is 2.63 bits per heavy atom. The molecule has 0 bridgehead atoms. The molecule has 1 aliphatic heterocycles. The van der Waals surface area contributed by atoms with E-state index in [1.165, 1.54) is 0 Å². The zero-order valence-electron chi connectivity index (χ0n) is 19.5. The number of nitrogens with one attached hydrogen (secondary N) is 2. The summed E-state index contributed by atoms with van der Waals surface area (Å²) in [5, 5.41) is 7.09. The highest BCUT2D eigenvalue weighted by molar-refractivity contribution is 7.80. The number of aromatic nitrogens is 2. The highest BCUT2D eigenvalue weighted by Gasteiger charge is 2.41. The van der Waals surface area contributed by atoms with Gasteiger partial charge in [-0.3, -0.25) is 9.78 Å². The van der Waals surface area contributed by atoms with Crippen LogP contribution in [0.1, 0.15) is 35.5 Å². The van der Waals surface area contributed by atoms with Gasteiger partial charge in [0.05, 0.1) is 17.8 Å². The SMILES string of the molecule is Cc1cccc(NC(=O)CCN2C(=S)NC(c3ccccn3)C2c2cccn2-c2ccccc2)c1. The van der Waals surface area contributed by atoms with Crippen molar-refractivity contribution in [2.75, 3.05) is 11.9 Å². The molecule has 1 saturated heterocycles. The van der Waals surface area contributed by atoms with Crippen molar-refractivity contribution in [1.82, 2.24) is 19.8 Å². The molecular formula is C28H27N5OS. The lowest BCUT2D eigenvalue weighted by Crippen LogP contribution is -2.33. The van der Waals surface area contributed by atoms with E-state index in [1.807, 2.05) is 73.7 Å². The molecule has 0 radical (unpaired) electrons. The zero-order chi connectivity index (χ0) is 24.2. The highest BCUT2D eigenvalue weighted by atomic mass is 32.1. The number of carbonyl (C=O) groups is 1. The van der Waals surface area contributed by atoms with Crippen LogP contribution in [0.15, 0.2) is 97.3 Å². The number of pyridine rings is 1. The van der Waals surface area contributed by atoms with Crippen LogP contribution in [0.5, 0.6) is 0 Å². The minimum absolute atomic E-state index is 0.0446. The summed E-state index contributed by atoms with van der Waals surface area (Å²) in [5.74, 6) is -0.0446. The maximum Gasteiger partial charge on any atom is 0.226 e. The summed E-state index contributed by atoms with van der Waals surface area (Å²) in [6, 6.07) is 27.8. The van der Waals surface area contributed by atoms with Crippen molar-refractivity contribution >= 4 is 28.9 Å². The molecule has 0 saturated carbocycles. The third kappa shape index (κ3) is 4.95. The van der Waals surface area contributed by atoms with Gasteiger partial charge in [-0.2, -0.15) is 0 Å². The first-order valence-electron chi connectivity index (χ1n) is 11.7. The molecule has 6 nitrogen and oxygen atoms in total. The van der Waals surface area contributed by atoms with Crippen molar-refractivity contribution in [2.45, 2.75) is 25.4 Å². The normalized spacial score (nSPS) is 17.3. The van der Waals surface area contributed by atoms with Crippen LogP contribution < -0.4 is 10.6 Å². The number of aryl methyl sites for hydroxylation is 1. The number of rotatable bonds is 7. The number of anilines is 1. The van der Waals surface area contributed by atoms with Gasteiger partial charge in [0.2, 0.25) is 5.91 Å². The smallest absolute Gasteiger partial charge is 0.226 e. The van der Waals surface area contributed by atoms with Crippen molar-refractivity contribution in [3.63, 3.8) is 0 Å². The molecule has 2 aromatic heterocycles. The lowest BCUT2D eigenvalue weighted by Gasteiger charge is -2.28. The molecular weight excluding hydrogens is 454 g/mol. The molecule has 3 heterocycles. The second kappa shape index (κ2) is 10.1. The predicted molar refractivity (Wildman–Crippen MR) is 142 cm³/mol. The summed E-state index contributed by atoms with van der Waals surface area (Å²) in [6.45, 7) is 2.49. The van der Waals surface area contributed by atoms with Gasteiger partial charge in [0.25, 0.3) is 0 Å². The zero-order valence-corrected chi connectivity index (χ0v) is 20.3. The van der Waals surface area contributed by atoms with Crippen LogP contribution >= 0.6 is 12.2 Å². The maximum atomic E-state index is 12.8. The van der Waals surface area contributed by atoms with E-state index in [9.17, 15) is 4.79 Å². The van der Waals surface area contributed by atoms with Crippen molar-refractivity contribution in [1.29, 1.82) is 0 Å². The fourth-order valence-corrected chi connectivity index (χ4v) is 4.93. The Kier molecular flexibility index (Phi) is 6.59. The maximum absolute atomic E-state index is 12.8. The van der Waals surface area contributed by atoms with E-state index in [2.05, 4.69) is 49.5 Å². The average molecular weight is 482 g/mol. The average Bonchev–Trinajstić information content (AvgIpc) is 3.48. The van der Waals surface area contributed by atoms with E-state index in [-0.39, 0.29) is 18.0 Å². The minimum atomic E-state index is -0.138. The Morgan fingerprint density at radius 2 is 1.86 bits per heavy atom. The van der Waals surface area contributed by atoms with Gasteiger partial charge in [0.1, 0.15) is 0 Å². The van der Waals surface area contributed by atoms with Gasteiger partial charge in [-0.05, 0) is 73.2 Å². The molecule has 1 aliphatic rings. The molecule has 176 valence electrons. The summed E-state index contributed by atoms with van der Waals surface area (Å²) >= 11 is 5.77. The van der Waals surface area contributed by atoms with E-state index in [0.717, 1.165) is 28.3 Å². The highest BCUT2D eigenvalue weighted by Crippen LogP contribution is 2.39. The summed E-state index contributed by atoms with van der Waals surface area (Å²) in [7, 11) is 0. The molecule has 5 rings (SSSR count). The van der Waals surface area contributed by atoms with Crippen LogP contribution in [0.4, 0.5) is 5.69 Å². The number of nitrogens with zero attached hydrogens (tertiary/aromatic N) is 3. The Morgan fingerprint density at radius 1 is 1.03 bits per heavy atom. The Bertz CT molecular complexity index is 1320. The van der Waals surface area contributed by atoms with Gasteiger partial charge in [-0.25, -0.2) is 0 Å². The van der Waals surface area contributed by atoms with Gasteiger partial charge >= 0.3 is 0 Å². The first-order chi connectivity index (χ1) is 17.1.